The first-order valence-corrected chi connectivity index (χ1v) is 9.08. The Kier molecular flexibility index (Phi) is 4.87. The fraction of sp³-hybridized carbons (Fsp3) is 0.0556. The van der Waals surface area contributed by atoms with E-state index in [-0.39, 0.29) is 27.9 Å². The first-order chi connectivity index (χ1) is 12.8. The molecule has 0 bridgehead atoms. The second-order valence-electron chi connectivity index (χ2n) is 5.44. The van der Waals surface area contributed by atoms with E-state index in [1.165, 1.54) is 37.4 Å². The number of carbonyl (C=O) groups is 1. The first kappa shape index (κ1) is 18.5. The standard InChI is InChI=1S/C18H14FNO6S/c1-25-17-10-12(20-27(23,24)13-5-2-11(19)3-6-13)4-7-14(17)15-8-9-16(26-15)18(21)22/h2-10,20H,1H3,(H,21,22). The van der Waals surface area contributed by atoms with Gasteiger partial charge in [-0.25, -0.2) is 17.6 Å². The van der Waals surface area contributed by atoms with Crippen molar-refractivity contribution >= 4 is 21.7 Å². The number of sulfonamides is 1. The average Bonchev–Trinajstić information content (AvgIpc) is 3.12. The Labute approximate surface area is 154 Å². The molecule has 2 aromatic carbocycles. The molecule has 0 aliphatic heterocycles. The Balaban J connectivity index is 1.91. The van der Waals surface area contributed by atoms with Crippen molar-refractivity contribution in [2.24, 2.45) is 0 Å². The number of carboxylic acids is 1. The maximum absolute atomic E-state index is 13.0. The number of rotatable bonds is 6. The molecule has 1 aromatic heterocycles. The van der Waals surface area contributed by atoms with Gasteiger partial charge in [0, 0.05) is 6.07 Å². The molecule has 0 unspecified atom stereocenters. The van der Waals surface area contributed by atoms with Gasteiger partial charge in [0.1, 0.15) is 17.3 Å². The maximum atomic E-state index is 13.0. The summed E-state index contributed by atoms with van der Waals surface area (Å²) >= 11 is 0. The number of benzene rings is 2. The minimum Gasteiger partial charge on any atom is -0.496 e. The quantitative estimate of drug-likeness (QED) is 0.665. The molecule has 0 aliphatic rings. The lowest BCUT2D eigenvalue weighted by atomic mass is 10.1. The highest BCUT2D eigenvalue weighted by Gasteiger charge is 2.18. The Hall–Kier alpha value is -3.33. The number of methoxy groups -OCH3 is 1. The minimum atomic E-state index is -3.91. The van der Waals surface area contributed by atoms with Gasteiger partial charge in [-0.05, 0) is 48.5 Å². The van der Waals surface area contributed by atoms with Crippen molar-refractivity contribution in [3.05, 3.63) is 66.2 Å². The fourth-order valence-electron chi connectivity index (χ4n) is 2.38. The zero-order chi connectivity index (χ0) is 19.6. The molecule has 0 saturated carbocycles. The molecule has 2 N–H and O–H groups in total. The van der Waals surface area contributed by atoms with Crippen LogP contribution in [0.4, 0.5) is 10.1 Å². The van der Waals surface area contributed by atoms with Crippen LogP contribution < -0.4 is 9.46 Å². The van der Waals surface area contributed by atoms with Crippen molar-refractivity contribution in [3.8, 4) is 17.1 Å². The number of carboxylic acid groups (broad SMARTS) is 1. The second kappa shape index (κ2) is 7.12. The average molecular weight is 391 g/mol. The van der Waals surface area contributed by atoms with Gasteiger partial charge in [0.15, 0.2) is 0 Å². The molecule has 1 heterocycles. The van der Waals surface area contributed by atoms with Gasteiger partial charge < -0.3 is 14.3 Å². The van der Waals surface area contributed by atoms with E-state index in [9.17, 15) is 17.6 Å². The smallest absolute Gasteiger partial charge is 0.371 e. The number of hydrogen-bond acceptors (Lipinski definition) is 5. The molecular formula is C18H14FNO6S. The molecule has 0 spiro atoms. The monoisotopic (exact) mass is 391 g/mol. The largest absolute Gasteiger partial charge is 0.496 e. The third-order valence-electron chi connectivity index (χ3n) is 3.66. The first-order valence-electron chi connectivity index (χ1n) is 7.60. The van der Waals surface area contributed by atoms with E-state index in [4.69, 9.17) is 14.3 Å². The van der Waals surface area contributed by atoms with E-state index in [1.807, 2.05) is 0 Å². The Bertz CT molecular complexity index is 1090. The predicted molar refractivity (Wildman–Crippen MR) is 94.9 cm³/mol. The number of ether oxygens (including phenoxy) is 1. The summed E-state index contributed by atoms with van der Waals surface area (Å²) in [5.74, 6) is -1.44. The maximum Gasteiger partial charge on any atom is 0.371 e. The summed E-state index contributed by atoms with van der Waals surface area (Å²) in [5, 5.41) is 8.94. The van der Waals surface area contributed by atoms with Crippen LogP contribution in [0.1, 0.15) is 10.6 Å². The molecule has 3 rings (SSSR count). The van der Waals surface area contributed by atoms with Crippen LogP contribution in [0.25, 0.3) is 11.3 Å². The summed E-state index contributed by atoms with van der Waals surface area (Å²) in [4.78, 5) is 10.8. The lowest BCUT2D eigenvalue weighted by molar-refractivity contribution is 0.0663. The van der Waals surface area contributed by atoms with E-state index in [0.717, 1.165) is 24.3 Å². The van der Waals surface area contributed by atoms with Crippen molar-refractivity contribution in [1.29, 1.82) is 0 Å². The third kappa shape index (κ3) is 3.93. The van der Waals surface area contributed by atoms with Crippen molar-refractivity contribution < 1.29 is 31.9 Å². The molecule has 0 atom stereocenters. The van der Waals surface area contributed by atoms with E-state index < -0.39 is 21.8 Å². The number of nitrogens with one attached hydrogen (secondary N) is 1. The van der Waals surface area contributed by atoms with E-state index in [1.54, 1.807) is 0 Å². The van der Waals surface area contributed by atoms with E-state index in [0.29, 0.717) is 5.56 Å². The van der Waals surface area contributed by atoms with Crippen molar-refractivity contribution in [3.63, 3.8) is 0 Å². The van der Waals surface area contributed by atoms with Crippen LogP contribution in [-0.2, 0) is 10.0 Å². The fourth-order valence-corrected chi connectivity index (χ4v) is 3.43. The molecule has 0 radical (unpaired) electrons. The van der Waals surface area contributed by atoms with Crippen molar-refractivity contribution in [2.45, 2.75) is 4.90 Å². The summed E-state index contributed by atoms with van der Waals surface area (Å²) in [6.45, 7) is 0. The van der Waals surface area contributed by atoms with Crippen LogP contribution in [0, 0.1) is 5.82 Å². The second-order valence-corrected chi connectivity index (χ2v) is 7.13. The molecule has 0 amide bonds. The zero-order valence-electron chi connectivity index (χ0n) is 14.0. The Morgan fingerprint density at radius 3 is 2.41 bits per heavy atom. The van der Waals surface area contributed by atoms with Crippen LogP contribution in [-0.4, -0.2) is 26.6 Å². The molecule has 7 nitrogen and oxygen atoms in total. The zero-order valence-corrected chi connectivity index (χ0v) is 14.8. The summed E-state index contributed by atoms with van der Waals surface area (Å²) in [5.41, 5.74) is 0.666. The minimum absolute atomic E-state index is 0.0934. The van der Waals surface area contributed by atoms with E-state index >= 15 is 0 Å². The van der Waals surface area contributed by atoms with E-state index in [2.05, 4.69) is 4.72 Å². The summed E-state index contributed by atoms with van der Waals surface area (Å²) in [6.07, 6.45) is 0. The normalized spacial score (nSPS) is 11.2. The summed E-state index contributed by atoms with van der Waals surface area (Å²) in [6, 6.07) is 11.6. The Morgan fingerprint density at radius 2 is 1.81 bits per heavy atom. The number of furan rings is 1. The van der Waals surface area contributed by atoms with Gasteiger partial charge >= 0.3 is 5.97 Å². The van der Waals surface area contributed by atoms with Crippen LogP contribution in [0.5, 0.6) is 5.75 Å². The number of halogens is 1. The highest BCUT2D eigenvalue weighted by molar-refractivity contribution is 7.92. The van der Waals surface area contributed by atoms with Gasteiger partial charge in [0.2, 0.25) is 5.76 Å². The lowest BCUT2D eigenvalue weighted by Gasteiger charge is -2.12. The van der Waals surface area contributed by atoms with Gasteiger partial charge in [0.25, 0.3) is 10.0 Å². The molecule has 0 fully saturated rings. The van der Waals surface area contributed by atoms with Gasteiger partial charge in [-0.15, -0.1) is 0 Å². The van der Waals surface area contributed by atoms with Gasteiger partial charge in [-0.2, -0.15) is 0 Å². The van der Waals surface area contributed by atoms with Gasteiger partial charge in [-0.1, -0.05) is 0 Å². The van der Waals surface area contributed by atoms with Crippen molar-refractivity contribution in [2.75, 3.05) is 11.8 Å². The van der Waals surface area contributed by atoms with Gasteiger partial charge in [0.05, 0.1) is 23.3 Å². The van der Waals surface area contributed by atoms with Crippen LogP contribution in [0.15, 0.2) is 63.9 Å². The SMILES string of the molecule is COc1cc(NS(=O)(=O)c2ccc(F)cc2)ccc1-c1ccc(C(=O)O)o1. The third-order valence-corrected chi connectivity index (χ3v) is 5.06. The highest BCUT2D eigenvalue weighted by atomic mass is 32.2. The topological polar surface area (TPSA) is 106 Å². The Morgan fingerprint density at radius 1 is 1.11 bits per heavy atom. The molecule has 140 valence electrons. The molecular weight excluding hydrogens is 377 g/mol. The van der Waals surface area contributed by atoms with Gasteiger partial charge in [-0.3, -0.25) is 4.72 Å². The number of anilines is 1. The van der Waals surface area contributed by atoms with Crippen LogP contribution >= 0.6 is 0 Å². The number of aromatic carboxylic acids is 1. The van der Waals surface area contributed by atoms with Crippen LogP contribution in [0.3, 0.4) is 0 Å². The number of hydrogen-bond donors (Lipinski definition) is 2. The molecule has 0 aliphatic carbocycles. The summed E-state index contributed by atoms with van der Waals surface area (Å²) < 4.78 is 50.6. The predicted octanol–water partition coefficient (Wildman–Crippen LogP) is 3.59. The molecule has 27 heavy (non-hydrogen) atoms. The summed E-state index contributed by atoms with van der Waals surface area (Å²) in [7, 11) is -2.53. The van der Waals surface area contributed by atoms with Crippen LogP contribution in [0.2, 0.25) is 0 Å². The molecule has 3 aromatic rings. The molecule has 0 saturated heterocycles. The van der Waals surface area contributed by atoms with Crippen molar-refractivity contribution in [1.82, 2.24) is 0 Å². The molecule has 9 heteroatoms. The lowest BCUT2D eigenvalue weighted by Crippen LogP contribution is -2.13. The highest BCUT2D eigenvalue weighted by Crippen LogP contribution is 2.34.